The van der Waals surface area contributed by atoms with Gasteiger partial charge in [0.1, 0.15) is 11.4 Å². The average molecular weight is 311 g/mol. The van der Waals surface area contributed by atoms with Gasteiger partial charge < -0.3 is 9.73 Å². The summed E-state index contributed by atoms with van der Waals surface area (Å²) in [6, 6.07) is 12.2. The minimum atomic E-state index is -0.673. The van der Waals surface area contributed by atoms with Gasteiger partial charge in [0.05, 0.1) is 11.1 Å². The summed E-state index contributed by atoms with van der Waals surface area (Å²) in [5.41, 5.74) is 1.06. The number of amides is 1. The molecule has 4 nitrogen and oxygen atoms in total. The van der Waals surface area contributed by atoms with Crippen molar-refractivity contribution in [3.05, 3.63) is 75.9 Å². The molecule has 116 valence electrons. The summed E-state index contributed by atoms with van der Waals surface area (Å²) in [5, 5.41) is 2.82. The molecule has 0 aliphatic heterocycles. The minimum absolute atomic E-state index is 0.0292. The molecular weight excluding hydrogens is 297 g/mol. The molecule has 1 aromatic heterocycles. The second kappa shape index (κ2) is 6.04. The number of anilines is 1. The van der Waals surface area contributed by atoms with Crippen molar-refractivity contribution in [2.45, 2.75) is 13.3 Å². The molecule has 1 N–H and O–H groups in total. The van der Waals surface area contributed by atoms with Crippen LogP contribution in [0.4, 0.5) is 10.1 Å². The third-order valence-electron chi connectivity index (χ3n) is 3.55. The molecule has 5 heteroatoms. The molecule has 0 saturated heterocycles. The fourth-order valence-electron chi connectivity index (χ4n) is 2.28. The topological polar surface area (TPSA) is 59.3 Å². The third kappa shape index (κ3) is 2.99. The first-order chi connectivity index (χ1) is 11.1. The van der Waals surface area contributed by atoms with Crippen LogP contribution in [0.15, 0.2) is 57.7 Å². The Morgan fingerprint density at radius 1 is 1.17 bits per heavy atom. The predicted octanol–water partition coefficient (Wildman–Crippen LogP) is 3.75. The number of aryl methyl sites for hydroxylation is 1. The molecule has 0 atom stereocenters. The Hall–Kier alpha value is -2.95. The maximum atomic E-state index is 13.6. The molecule has 0 bridgehead atoms. The molecule has 3 aromatic rings. The molecule has 3 rings (SSSR count). The van der Waals surface area contributed by atoms with Gasteiger partial charge in [0, 0.05) is 6.07 Å². The molecule has 0 spiro atoms. The maximum Gasteiger partial charge on any atom is 0.291 e. The number of hydrogen-bond acceptors (Lipinski definition) is 3. The SMILES string of the molecule is CCc1ccc2oc(C(=O)Nc3ccccc3F)cc(=O)c2c1. The Labute approximate surface area is 131 Å². The van der Waals surface area contributed by atoms with E-state index in [2.05, 4.69) is 5.32 Å². The Kier molecular flexibility index (Phi) is 3.93. The van der Waals surface area contributed by atoms with Gasteiger partial charge >= 0.3 is 0 Å². The minimum Gasteiger partial charge on any atom is -0.451 e. The highest BCUT2D eigenvalue weighted by Gasteiger charge is 2.14. The van der Waals surface area contributed by atoms with E-state index in [-0.39, 0.29) is 16.9 Å². The van der Waals surface area contributed by atoms with Crippen LogP contribution in [0.1, 0.15) is 23.0 Å². The van der Waals surface area contributed by atoms with Crippen molar-refractivity contribution < 1.29 is 13.6 Å². The van der Waals surface area contributed by atoms with Crippen LogP contribution in [0.3, 0.4) is 0 Å². The zero-order valence-electron chi connectivity index (χ0n) is 12.4. The van der Waals surface area contributed by atoms with Crippen molar-refractivity contribution in [2.75, 3.05) is 5.32 Å². The molecule has 0 aliphatic rings. The standard InChI is InChI=1S/C18H14FNO3/c1-2-11-7-8-16-12(9-11)15(21)10-17(23-16)18(22)20-14-6-4-3-5-13(14)19/h3-10H,2H2,1H3,(H,20,22). The predicted molar refractivity (Wildman–Crippen MR) is 86.2 cm³/mol. The number of nitrogens with one attached hydrogen (secondary N) is 1. The number of hydrogen-bond donors (Lipinski definition) is 1. The monoisotopic (exact) mass is 311 g/mol. The average Bonchev–Trinajstić information content (AvgIpc) is 2.56. The number of carbonyl (C=O) groups is 1. The molecule has 1 heterocycles. The molecule has 23 heavy (non-hydrogen) atoms. The highest BCUT2D eigenvalue weighted by atomic mass is 19.1. The number of halogens is 1. The van der Waals surface area contributed by atoms with Crippen LogP contribution >= 0.6 is 0 Å². The molecule has 0 radical (unpaired) electrons. The highest BCUT2D eigenvalue weighted by molar-refractivity contribution is 6.03. The molecule has 2 aromatic carbocycles. The Morgan fingerprint density at radius 3 is 2.70 bits per heavy atom. The van der Waals surface area contributed by atoms with E-state index in [1.807, 2.05) is 13.0 Å². The zero-order valence-corrected chi connectivity index (χ0v) is 12.4. The van der Waals surface area contributed by atoms with Crippen molar-refractivity contribution in [1.82, 2.24) is 0 Å². The van der Waals surface area contributed by atoms with Gasteiger partial charge in [-0.15, -0.1) is 0 Å². The number of carbonyl (C=O) groups excluding carboxylic acids is 1. The van der Waals surface area contributed by atoms with Gasteiger partial charge in [0.25, 0.3) is 5.91 Å². The molecule has 1 amide bonds. The van der Waals surface area contributed by atoms with Gasteiger partial charge in [-0.25, -0.2) is 4.39 Å². The summed E-state index contributed by atoms with van der Waals surface area (Å²) in [6.07, 6.45) is 0.797. The van der Waals surface area contributed by atoms with E-state index in [9.17, 15) is 14.0 Å². The van der Waals surface area contributed by atoms with Gasteiger partial charge in [-0.3, -0.25) is 9.59 Å². The summed E-state index contributed by atoms with van der Waals surface area (Å²) < 4.78 is 19.1. The Bertz CT molecular complexity index is 946. The van der Waals surface area contributed by atoms with Gasteiger partial charge in [-0.2, -0.15) is 0 Å². The molecular formula is C18H14FNO3. The second-order valence-electron chi connectivity index (χ2n) is 5.09. The smallest absolute Gasteiger partial charge is 0.291 e. The number of para-hydroxylation sites is 1. The first-order valence-electron chi connectivity index (χ1n) is 7.21. The summed E-state index contributed by atoms with van der Waals surface area (Å²) in [7, 11) is 0. The van der Waals surface area contributed by atoms with Crippen molar-refractivity contribution in [3.63, 3.8) is 0 Å². The summed E-state index contributed by atoms with van der Waals surface area (Å²) in [6.45, 7) is 1.99. The van der Waals surface area contributed by atoms with Crippen molar-refractivity contribution in [3.8, 4) is 0 Å². The van der Waals surface area contributed by atoms with Crippen LogP contribution in [0, 0.1) is 5.82 Å². The van der Waals surface area contributed by atoms with Crippen LogP contribution in [-0.2, 0) is 6.42 Å². The lowest BCUT2D eigenvalue weighted by atomic mass is 10.1. The van der Waals surface area contributed by atoms with Crippen LogP contribution in [0.2, 0.25) is 0 Å². The molecule has 0 aliphatic carbocycles. The molecule has 0 saturated carbocycles. The van der Waals surface area contributed by atoms with Gasteiger partial charge in [-0.1, -0.05) is 25.1 Å². The Balaban J connectivity index is 1.98. The lowest BCUT2D eigenvalue weighted by molar-refractivity contribution is 0.0996. The first-order valence-corrected chi connectivity index (χ1v) is 7.21. The van der Waals surface area contributed by atoms with E-state index in [1.165, 1.54) is 18.2 Å². The van der Waals surface area contributed by atoms with Gasteiger partial charge in [0.15, 0.2) is 11.2 Å². The molecule has 0 fully saturated rings. The van der Waals surface area contributed by atoms with Crippen LogP contribution in [0.5, 0.6) is 0 Å². The summed E-state index contributed by atoms with van der Waals surface area (Å²) in [5.74, 6) is -1.39. The van der Waals surface area contributed by atoms with E-state index < -0.39 is 11.7 Å². The van der Waals surface area contributed by atoms with Crippen LogP contribution < -0.4 is 10.7 Å². The zero-order chi connectivity index (χ0) is 16.4. The maximum absolute atomic E-state index is 13.6. The normalized spacial score (nSPS) is 10.7. The largest absolute Gasteiger partial charge is 0.451 e. The van der Waals surface area contributed by atoms with Crippen LogP contribution in [-0.4, -0.2) is 5.91 Å². The lowest BCUT2D eigenvalue weighted by Crippen LogP contribution is -2.15. The Morgan fingerprint density at radius 2 is 1.96 bits per heavy atom. The van der Waals surface area contributed by atoms with Crippen molar-refractivity contribution in [2.24, 2.45) is 0 Å². The highest BCUT2D eigenvalue weighted by Crippen LogP contribution is 2.17. The van der Waals surface area contributed by atoms with Gasteiger partial charge in [-0.05, 0) is 36.2 Å². The summed E-state index contributed by atoms with van der Waals surface area (Å²) >= 11 is 0. The van der Waals surface area contributed by atoms with Gasteiger partial charge in [0.2, 0.25) is 0 Å². The fraction of sp³-hybridized carbons (Fsp3) is 0.111. The van der Waals surface area contributed by atoms with E-state index >= 15 is 0 Å². The third-order valence-corrected chi connectivity index (χ3v) is 3.55. The second-order valence-corrected chi connectivity index (χ2v) is 5.09. The molecule has 0 unspecified atom stereocenters. The van der Waals surface area contributed by atoms with E-state index in [4.69, 9.17) is 4.42 Å². The van der Waals surface area contributed by atoms with E-state index in [0.717, 1.165) is 18.1 Å². The quantitative estimate of drug-likeness (QED) is 0.801. The van der Waals surface area contributed by atoms with Crippen LogP contribution in [0.25, 0.3) is 11.0 Å². The van der Waals surface area contributed by atoms with Crippen molar-refractivity contribution in [1.29, 1.82) is 0 Å². The number of fused-ring (bicyclic) bond motifs is 1. The van der Waals surface area contributed by atoms with E-state index in [0.29, 0.717) is 11.0 Å². The lowest BCUT2D eigenvalue weighted by Gasteiger charge is -2.06. The first kappa shape index (κ1) is 15.0. The van der Waals surface area contributed by atoms with E-state index in [1.54, 1.807) is 18.2 Å². The fourth-order valence-corrected chi connectivity index (χ4v) is 2.28. The van der Waals surface area contributed by atoms with Crippen molar-refractivity contribution >= 4 is 22.6 Å². The number of benzene rings is 2. The summed E-state index contributed by atoms with van der Waals surface area (Å²) in [4.78, 5) is 24.4. The number of rotatable bonds is 3.